The second-order valence-corrected chi connectivity index (χ2v) is 5.84. The molecular formula is C12H15ClINO2. The van der Waals surface area contributed by atoms with Crippen molar-refractivity contribution < 1.29 is 9.53 Å². The van der Waals surface area contributed by atoms with Gasteiger partial charge in [0.1, 0.15) is 0 Å². The molecule has 0 unspecified atom stereocenters. The summed E-state index contributed by atoms with van der Waals surface area (Å²) in [5, 5.41) is 3.40. The van der Waals surface area contributed by atoms with Crippen molar-refractivity contribution in [2.75, 3.05) is 13.7 Å². The summed E-state index contributed by atoms with van der Waals surface area (Å²) in [5.41, 5.74) is 0.185. The summed E-state index contributed by atoms with van der Waals surface area (Å²) in [6.45, 7) is 4.27. The molecule has 1 aromatic rings. The normalized spacial score (nSPS) is 11.4. The standard InChI is InChI=1S/C12H15ClINO2/c1-12(2,17-3)7-15-11(16)8-4-5-10(14)9(13)6-8/h4-6H,7H2,1-3H3,(H,15,16). The van der Waals surface area contributed by atoms with E-state index in [0.717, 1.165) is 3.57 Å². The van der Waals surface area contributed by atoms with Crippen molar-refractivity contribution in [3.05, 3.63) is 32.4 Å². The average Bonchev–Trinajstić information content (AvgIpc) is 2.30. The first-order chi connectivity index (χ1) is 7.85. The molecule has 1 amide bonds. The number of nitrogens with one attached hydrogen (secondary N) is 1. The van der Waals surface area contributed by atoms with E-state index >= 15 is 0 Å². The van der Waals surface area contributed by atoms with Gasteiger partial charge in [0.2, 0.25) is 0 Å². The summed E-state index contributed by atoms with van der Waals surface area (Å²) in [7, 11) is 1.62. The van der Waals surface area contributed by atoms with E-state index in [0.29, 0.717) is 17.1 Å². The molecular weight excluding hydrogens is 352 g/mol. The molecule has 17 heavy (non-hydrogen) atoms. The van der Waals surface area contributed by atoms with Gasteiger partial charge in [-0.2, -0.15) is 0 Å². The van der Waals surface area contributed by atoms with Gasteiger partial charge >= 0.3 is 0 Å². The SMILES string of the molecule is COC(C)(C)CNC(=O)c1ccc(I)c(Cl)c1. The first kappa shape index (κ1) is 14.7. The molecule has 0 aliphatic heterocycles. The topological polar surface area (TPSA) is 38.3 Å². The van der Waals surface area contributed by atoms with Gasteiger partial charge in [-0.25, -0.2) is 0 Å². The van der Waals surface area contributed by atoms with Gasteiger partial charge in [-0.1, -0.05) is 11.6 Å². The van der Waals surface area contributed by atoms with Crippen LogP contribution in [0.1, 0.15) is 24.2 Å². The molecule has 0 radical (unpaired) electrons. The highest BCUT2D eigenvalue weighted by atomic mass is 127. The van der Waals surface area contributed by atoms with Crippen LogP contribution in [0.25, 0.3) is 0 Å². The van der Waals surface area contributed by atoms with Crippen molar-refractivity contribution >= 4 is 40.1 Å². The fourth-order valence-electron chi connectivity index (χ4n) is 1.10. The van der Waals surface area contributed by atoms with E-state index in [1.54, 1.807) is 19.2 Å². The van der Waals surface area contributed by atoms with E-state index in [1.807, 2.05) is 19.9 Å². The summed E-state index contributed by atoms with van der Waals surface area (Å²) in [4.78, 5) is 11.8. The third-order valence-corrected chi connectivity index (χ3v) is 3.98. The molecule has 0 aromatic heterocycles. The summed E-state index contributed by atoms with van der Waals surface area (Å²) < 4.78 is 6.15. The smallest absolute Gasteiger partial charge is 0.251 e. The van der Waals surface area contributed by atoms with Crippen LogP contribution in [0.15, 0.2) is 18.2 Å². The first-order valence-corrected chi connectivity index (χ1v) is 6.60. The Morgan fingerprint density at radius 1 is 1.53 bits per heavy atom. The van der Waals surface area contributed by atoms with Crippen molar-refractivity contribution in [3.8, 4) is 0 Å². The lowest BCUT2D eigenvalue weighted by atomic mass is 10.1. The van der Waals surface area contributed by atoms with E-state index in [1.165, 1.54) is 0 Å². The molecule has 5 heteroatoms. The van der Waals surface area contributed by atoms with Crippen LogP contribution >= 0.6 is 34.2 Å². The number of ether oxygens (including phenoxy) is 1. The minimum absolute atomic E-state index is 0.145. The quantitative estimate of drug-likeness (QED) is 0.831. The van der Waals surface area contributed by atoms with Gasteiger partial charge < -0.3 is 10.1 Å². The van der Waals surface area contributed by atoms with Crippen LogP contribution < -0.4 is 5.32 Å². The number of hydrogen-bond acceptors (Lipinski definition) is 2. The third-order valence-electron chi connectivity index (χ3n) is 2.41. The number of carbonyl (C=O) groups excluding carboxylic acids is 1. The maximum atomic E-state index is 11.8. The van der Waals surface area contributed by atoms with Crippen molar-refractivity contribution in [2.24, 2.45) is 0 Å². The second kappa shape index (κ2) is 6.02. The Morgan fingerprint density at radius 2 is 2.18 bits per heavy atom. The van der Waals surface area contributed by atoms with Crippen LogP contribution in [0, 0.1) is 3.57 Å². The predicted octanol–water partition coefficient (Wildman–Crippen LogP) is 3.10. The highest BCUT2D eigenvalue weighted by Crippen LogP contribution is 2.19. The highest BCUT2D eigenvalue weighted by molar-refractivity contribution is 14.1. The average molecular weight is 368 g/mol. The Bertz CT molecular complexity index is 421. The molecule has 3 nitrogen and oxygen atoms in total. The van der Waals surface area contributed by atoms with Crippen LogP contribution in [-0.4, -0.2) is 25.2 Å². The van der Waals surface area contributed by atoms with Crippen LogP contribution in [-0.2, 0) is 4.74 Å². The predicted molar refractivity (Wildman–Crippen MR) is 77.6 cm³/mol. The van der Waals surface area contributed by atoms with Gasteiger partial charge in [0.15, 0.2) is 0 Å². The van der Waals surface area contributed by atoms with Crippen LogP contribution in [0.5, 0.6) is 0 Å². The number of methoxy groups -OCH3 is 1. The van der Waals surface area contributed by atoms with Crippen LogP contribution in [0.2, 0.25) is 5.02 Å². The monoisotopic (exact) mass is 367 g/mol. The molecule has 94 valence electrons. The van der Waals surface area contributed by atoms with E-state index in [4.69, 9.17) is 16.3 Å². The van der Waals surface area contributed by atoms with Gasteiger partial charge in [-0.05, 0) is 54.6 Å². The van der Waals surface area contributed by atoms with E-state index < -0.39 is 0 Å². The molecule has 0 spiro atoms. The largest absolute Gasteiger partial charge is 0.377 e. The Morgan fingerprint density at radius 3 is 2.71 bits per heavy atom. The Kier molecular flexibility index (Phi) is 5.22. The summed E-state index contributed by atoms with van der Waals surface area (Å²) in [6.07, 6.45) is 0. The Labute approximate surface area is 120 Å². The minimum atomic E-state index is -0.372. The van der Waals surface area contributed by atoms with E-state index in [9.17, 15) is 4.79 Å². The summed E-state index contributed by atoms with van der Waals surface area (Å²) in [6, 6.07) is 5.24. The highest BCUT2D eigenvalue weighted by Gasteiger charge is 2.18. The molecule has 0 saturated carbocycles. The maximum Gasteiger partial charge on any atom is 0.251 e. The van der Waals surface area contributed by atoms with Crippen molar-refractivity contribution in [2.45, 2.75) is 19.4 Å². The molecule has 0 fully saturated rings. The van der Waals surface area contributed by atoms with Crippen LogP contribution in [0.3, 0.4) is 0 Å². The molecule has 0 atom stereocenters. The van der Waals surface area contributed by atoms with Gasteiger partial charge in [0, 0.05) is 22.8 Å². The molecule has 0 aliphatic carbocycles. The number of hydrogen-bond donors (Lipinski definition) is 1. The summed E-state index contributed by atoms with van der Waals surface area (Å²) >= 11 is 8.08. The zero-order valence-corrected chi connectivity index (χ0v) is 12.9. The van der Waals surface area contributed by atoms with Crippen molar-refractivity contribution in [3.63, 3.8) is 0 Å². The van der Waals surface area contributed by atoms with Gasteiger partial charge in [-0.15, -0.1) is 0 Å². The molecule has 1 N–H and O–H groups in total. The van der Waals surface area contributed by atoms with Gasteiger partial charge in [0.25, 0.3) is 5.91 Å². The van der Waals surface area contributed by atoms with E-state index in [2.05, 4.69) is 27.9 Å². The number of benzene rings is 1. The van der Waals surface area contributed by atoms with Crippen molar-refractivity contribution in [1.29, 1.82) is 0 Å². The van der Waals surface area contributed by atoms with Crippen LogP contribution in [0.4, 0.5) is 0 Å². The fourth-order valence-corrected chi connectivity index (χ4v) is 1.62. The minimum Gasteiger partial charge on any atom is -0.377 e. The van der Waals surface area contributed by atoms with Gasteiger partial charge in [-0.3, -0.25) is 4.79 Å². The zero-order chi connectivity index (χ0) is 13.1. The third kappa shape index (κ3) is 4.44. The Hall–Kier alpha value is -0.330. The molecule has 1 rings (SSSR count). The molecule has 0 aliphatic rings. The number of halogens is 2. The van der Waals surface area contributed by atoms with E-state index in [-0.39, 0.29) is 11.5 Å². The lowest BCUT2D eigenvalue weighted by molar-refractivity contribution is 0.0229. The molecule has 0 bridgehead atoms. The van der Waals surface area contributed by atoms with Gasteiger partial charge in [0.05, 0.1) is 10.6 Å². The molecule has 1 aromatic carbocycles. The lowest BCUT2D eigenvalue weighted by Crippen LogP contribution is -2.39. The van der Waals surface area contributed by atoms with Crippen molar-refractivity contribution in [1.82, 2.24) is 5.32 Å². The summed E-state index contributed by atoms with van der Waals surface area (Å²) in [5.74, 6) is -0.145. The number of amides is 1. The molecule has 0 saturated heterocycles. The fraction of sp³-hybridized carbons (Fsp3) is 0.417. The lowest BCUT2D eigenvalue weighted by Gasteiger charge is -2.23. The Balaban J connectivity index is 2.68. The second-order valence-electron chi connectivity index (χ2n) is 4.28. The zero-order valence-electron chi connectivity index (χ0n) is 10.0. The number of rotatable bonds is 4. The first-order valence-electron chi connectivity index (χ1n) is 5.14. The number of carbonyl (C=O) groups is 1. The maximum absolute atomic E-state index is 11.8. The molecule has 0 heterocycles.